The molecule has 0 aliphatic rings. The number of rotatable bonds is 7. The number of carbonyl (C=O) groups is 1. The van der Waals surface area contributed by atoms with Gasteiger partial charge in [-0.2, -0.15) is 0 Å². The van der Waals surface area contributed by atoms with Gasteiger partial charge in [0.1, 0.15) is 5.56 Å². The molecule has 0 spiro atoms. The lowest BCUT2D eigenvalue weighted by Gasteiger charge is -2.20. The third kappa shape index (κ3) is 4.37. The van der Waals surface area contributed by atoms with Crippen molar-refractivity contribution in [2.75, 3.05) is 19.1 Å². The summed E-state index contributed by atoms with van der Waals surface area (Å²) in [6.07, 6.45) is 3.24. The SMILES string of the molecule is COc1cc(C(=O)N(Cc2cccnc2)c2nc3c(C)ccc(Cl)c3s2)c([N+](=O)[O-])cc1OC. The highest BCUT2D eigenvalue weighted by atomic mass is 35.5. The molecule has 0 aliphatic carbocycles. The van der Waals surface area contributed by atoms with E-state index in [0.717, 1.165) is 15.8 Å². The van der Waals surface area contributed by atoms with E-state index in [1.54, 1.807) is 24.5 Å². The minimum absolute atomic E-state index is 0.0919. The molecule has 0 aliphatic heterocycles. The van der Waals surface area contributed by atoms with E-state index in [2.05, 4.69) is 9.97 Å². The summed E-state index contributed by atoms with van der Waals surface area (Å²) in [7, 11) is 2.76. The number of carbonyl (C=O) groups excluding carboxylic acids is 1. The van der Waals surface area contributed by atoms with E-state index >= 15 is 0 Å². The Hall–Kier alpha value is -3.76. The van der Waals surface area contributed by atoms with Gasteiger partial charge < -0.3 is 9.47 Å². The van der Waals surface area contributed by atoms with Crippen molar-refractivity contribution in [1.29, 1.82) is 0 Å². The summed E-state index contributed by atoms with van der Waals surface area (Å²) in [5, 5.41) is 12.7. The van der Waals surface area contributed by atoms with Crippen LogP contribution in [0.4, 0.5) is 10.8 Å². The molecule has 2 aromatic carbocycles. The molecule has 1 amide bonds. The molecule has 0 fully saturated rings. The third-order valence-corrected chi connectivity index (χ3v) is 6.69. The second-order valence-corrected chi connectivity index (χ2v) is 8.66. The van der Waals surface area contributed by atoms with Crippen LogP contribution in [0.2, 0.25) is 5.02 Å². The van der Waals surface area contributed by atoms with Crippen molar-refractivity contribution in [1.82, 2.24) is 9.97 Å². The normalized spacial score (nSPS) is 10.8. The summed E-state index contributed by atoms with van der Waals surface area (Å²) in [4.78, 5) is 35.2. The Morgan fingerprint density at radius 2 is 1.94 bits per heavy atom. The fourth-order valence-electron chi connectivity index (χ4n) is 3.44. The molecule has 0 unspecified atom stereocenters. The molecule has 4 rings (SSSR count). The highest BCUT2D eigenvalue weighted by Gasteiger charge is 2.30. The van der Waals surface area contributed by atoms with Crippen LogP contribution in [0.3, 0.4) is 0 Å². The summed E-state index contributed by atoms with van der Waals surface area (Å²) < 4.78 is 11.2. The molecular formula is C23H19ClN4O5S. The number of ether oxygens (including phenoxy) is 2. The number of amides is 1. The molecule has 11 heteroatoms. The van der Waals surface area contributed by atoms with E-state index < -0.39 is 16.5 Å². The van der Waals surface area contributed by atoms with E-state index in [4.69, 9.17) is 21.1 Å². The maximum Gasteiger partial charge on any atom is 0.286 e. The largest absolute Gasteiger partial charge is 0.493 e. The predicted octanol–water partition coefficient (Wildman–Crippen LogP) is 5.43. The number of hydrogen-bond donors (Lipinski definition) is 0. The molecule has 34 heavy (non-hydrogen) atoms. The van der Waals surface area contributed by atoms with Gasteiger partial charge in [-0.25, -0.2) is 4.98 Å². The zero-order chi connectivity index (χ0) is 24.4. The lowest BCUT2D eigenvalue weighted by atomic mass is 10.1. The monoisotopic (exact) mass is 498 g/mol. The van der Waals surface area contributed by atoms with Crippen LogP contribution >= 0.6 is 22.9 Å². The van der Waals surface area contributed by atoms with Crippen LogP contribution in [0, 0.1) is 17.0 Å². The molecule has 9 nitrogen and oxygen atoms in total. The fourth-order valence-corrected chi connectivity index (χ4v) is 4.76. The smallest absolute Gasteiger partial charge is 0.286 e. The van der Waals surface area contributed by atoms with E-state index in [1.165, 1.54) is 42.6 Å². The standard InChI is InChI=1S/C23H19ClN4O5S/c1-13-6-7-16(24)21-20(13)26-23(34-21)27(12-14-5-4-8-25-11-14)22(29)15-9-18(32-2)19(33-3)10-17(15)28(30)31/h4-11H,12H2,1-3H3. The molecule has 174 valence electrons. The van der Waals surface area contributed by atoms with Crippen molar-refractivity contribution in [3.8, 4) is 11.5 Å². The van der Waals surface area contributed by atoms with Crippen molar-refractivity contribution in [2.24, 2.45) is 0 Å². The maximum atomic E-state index is 13.8. The van der Waals surface area contributed by atoms with E-state index in [-0.39, 0.29) is 23.6 Å². The number of halogens is 1. The van der Waals surface area contributed by atoms with E-state index in [9.17, 15) is 14.9 Å². The Bertz CT molecular complexity index is 1350. The van der Waals surface area contributed by atoms with Crippen LogP contribution in [0.1, 0.15) is 21.5 Å². The Labute approximate surface area is 203 Å². The zero-order valence-electron chi connectivity index (χ0n) is 18.4. The molecule has 4 aromatic rings. The number of nitro groups is 1. The lowest BCUT2D eigenvalue weighted by Crippen LogP contribution is -2.31. The topological polar surface area (TPSA) is 108 Å². The molecular weight excluding hydrogens is 480 g/mol. The van der Waals surface area contributed by atoms with Gasteiger partial charge in [-0.15, -0.1) is 0 Å². The maximum absolute atomic E-state index is 13.8. The number of aryl methyl sites for hydroxylation is 1. The highest BCUT2D eigenvalue weighted by Crippen LogP contribution is 2.39. The number of anilines is 1. The van der Waals surface area contributed by atoms with Gasteiger partial charge in [0.2, 0.25) is 0 Å². The van der Waals surface area contributed by atoms with Gasteiger partial charge in [0, 0.05) is 18.5 Å². The van der Waals surface area contributed by atoms with Crippen LogP contribution in [0.5, 0.6) is 11.5 Å². The van der Waals surface area contributed by atoms with Gasteiger partial charge in [-0.05, 0) is 30.2 Å². The van der Waals surface area contributed by atoms with Crippen molar-refractivity contribution in [3.63, 3.8) is 0 Å². The molecule has 0 bridgehead atoms. The van der Waals surface area contributed by atoms with Crippen LogP contribution in [-0.4, -0.2) is 35.0 Å². The molecule has 0 saturated heterocycles. The highest BCUT2D eigenvalue weighted by molar-refractivity contribution is 7.23. The Morgan fingerprint density at radius 1 is 1.21 bits per heavy atom. The lowest BCUT2D eigenvalue weighted by molar-refractivity contribution is -0.385. The second-order valence-electron chi connectivity index (χ2n) is 7.27. The van der Waals surface area contributed by atoms with Crippen LogP contribution in [0.15, 0.2) is 48.8 Å². The van der Waals surface area contributed by atoms with Crippen molar-refractivity contribution in [2.45, 2.75) is 13.5 Å². The average Bonchev–Trinajstić information content (AvgIpc) is 3.30. The number of pyridine rings is 1. The van der Waals surface area contributed by atoms with Gasteiger partial charge in [0.25, 0.3) is 11.6 Å². The van der Waals surface area contributed by atoms with Crippen molar-refractivity contribution >= 4 is 49.9 Å². The van der Waals surface area contributed by atoms with E-state index in [1.807, 2.05) is 19.1 Å². The Balaban J connectivity index is 1.90. The van der Waals surface area contributed by atoms with Gasteiger partial charge in [0.15, 0.2) is 16.6 Å². The predicted molar refractivity (Wildman–Crippen MR) is 130 cm³/mol. The molecule has 2 aromatic heterocycles. The number of nitrogens with zero attached hydrogens (tertiary/aromatic N) is 4. The average molecular weight is 499 g/mol. The first-order chi connectivity index (χ1) is 16.3. The first-order valence-corrected chi connectivity index (χ1v) is 11.2. The molecule has 2 heterocycles. The number of methoxy groups -OCH3 is 2. The quantitative estimate of drug-likeness (QED) is 0.247. The minimum Gasteiger partial charge on any atom is -0.493 e. The second kappa shape index (κ2) is 9.62. The van der Waals surface area contributed by atoms with E-state index in [0.29, 0.717) is 15.7 Å². The number of nitro benzene ring substituents is 1. The first kappa shape index (κ1) is 23.4. The Kier molecular flexibility index (Phi) is 6.62. The molecule has 0 N–H and O–H groups in total. The number of aromatic nitrogens is 2. The van der Waals surface area contributed by atoms with Crippen LogP contribution < -0.4 is 14.4 Å². The van der Waals surface area contributed by atoms with Crippen LogP contribution in [0.25, 0.3) is 10.2 Å². The van der Waals surface area contributed by atoms with Gasteiger partial charge in [-0.1, -0.05) is 35.1 Å². The zero-order valence-corrected chi connectivity index (χ0v) is 20.0. The van der Waals surface area contributed by atoms with Gasteiger partial charge >= 0.3 is 0 Å². The number of benzene rings is 2. The van der Waals surface area contributed by atoms with Crippen molar-refractivity contribution in [3.05, 3.63) is 80.6 Å². The van der Waals surface area contributed by atoms with Gasteiger partial charge in [-0.3, -0.25) is 24.8 Å². The summed E-state index contributed by atoms with van der Waals surface area (Å²) in [6.45, 7) is 1.99. The van der Waals surface area contributed by atoms with Crippen LogP contribution in [-0.2, 0) is 6.54 Å². The fraction of sp³-hybridized carbons (Fsp3) is 0.174. The summed E-state index contributed by atoms with van der Waals surface area (Å²) in [5.74, 6) is -0.280. The first-order valence-electron chi connectivity index (χ1n) is 10.0. The third-order valence-electron chi connectivity index (χ3n) is 5.15. The number of hydrogen-bond acceptors (Lipinski definition) is 8. The summed E-state index contributed by atoms with van der Waals surface area (Å²) in [6, 6.07) is 9.65. The van der Waals surface area contributed by atoms with Crippen molar-refractivity contribution < 1.29 is 19.2 Å². The molecule has 0 atom stereocenters. The summed E-state index contributed by atoms with van der Waals surface area (Å²) >= 11 is 7.62. The minimum atomic E-state index is -0.628. The Morgan fingerprint density at radius 3 is 2.56 bits per heavy atom. The number of fused-ring (bicyclic) bond motifs is 1. The molecule has 0 saturated carbocycles. The van der Waals surface area contributed by atoms with Gasteiger partial charge in [0.05, 0.1) is 47.0 Å². The summed E-state index contributed by atoms with van der Waals surface area (Å²) in [5.41, 5.74) is 1.72. The molecule has 0 radical (unpaired) electrons. The number of thiazole rings is 1.